The highest BCUT2D eigenvalue weighted by atomic mass is 16.4. The average molecular weight is 458 g/mol. The summed E-state index contributed by atoms with van der Waals surface area (Å²) in [4.78, 5) is 25.4. The molecule has 0 saturated carbocycles. The smallest absolute Gasteiger partial charge is 0.253 e. The van der Waals surface area contributed by atoms with Crippen molar-refractivity contribution < 1.29 is 14.3 Å². The van der Waals surface area contributed by atoms with Gasteiger partial charge >= 0.3 is 0 Å². The van der Waals surface area contributed by atoms with E-state index >= 15 is 0 Å². The van der Waals surface area contributed by atoms with Crippen LogP contribution in [-0.2, 0) is 5.54 Å². The third-order valence-corrected chi connectivity index (χ3v) is 5.56. The summed E-state index contributed by atoms with van der Waals surface area (Å²) in [5.41, 5.74) is 2.23. The Balaban J connectivity index is 1.48. The number of nitrogens with one attached hydrogen (secondary N) is 3. The molecule has 1 amide bonds. The van der Waals surface area contributed by atoms with Crippen LogP contribution in [0.3, 0.4) is 0 Å². The molecule has 4 aromatic rings. The Morgan fingerprint density at radius 2 is 1.94 bits per heavy atom. The largest absolute Gasteiger partial charge is 0.423 e. The number of pyridine rings is 1. The van der Waals surface area contributed by atoms with E-state index in [0.29, 0.717) is 22.8 Å². The highest BCUT2D eigenvalue weighted by molar-refractivity contribution is 5.99. The van der Waals surface area contributed by atoms with Gasteiger partial charge in [0.1, 0.15) is 11.6 Å². The normalized spacial score (nSPS) is 14.9. The van der Waals surface area contributed by atoms with Crippen molar-refractivity contribution in [2.24, 2.45) is 0 Å². The third kappa shape index (κ3) is 4.04. The second-order valence-electron chi connectivity index (χ2n) is 8.31. The number of fused-ring (bicyclic) bond motifs is 1. The lowest BCUT2D eigenvalue weighted by molar-refractivity contribution is 0.0940. The summed E-state index contributed by atoms with van der Waals surface area (Å²) in [6, 6.07) is 10.9. The molecule has 0 unspecified atom stereocenters. The molecule has 4 heterocycles. The lowest BCUT2D eigenvalue weighted by Gasteiger charge is -2.20. The number of nitrogens with zero attached hydrogens (tertiary/aromatic N) is 5. The van der Waals surface area contributed by atoms with Crippen LogP contribution >= 0.6 is 0 Å². The van der Waals surface area contributed by atoms with Crippen LogP contribution in [0.1, 0.15) is 41.4 Å². The zero-order valence-corrected chi connectivity index (χ0v) is 18.5. The van der Waals surface area contributed by atoms with Crippen molar-refractivity contribution in [3.63, 3.8) is 0 Å². The minimum atomic E-state index is -0.509. The lowest BCUT2D eigenvalue weighted by Crippen LogP contribution is -2.32. The first-order valence-corrected chi connectivity index (χ1v) is 10.6. The van der Waals surface area contributed by atoms with Gasteiger partial charge in [0, 0.05) is 12.4 Å². The molecule has 172 valence electrons. The maximum absolute atomic E-state index is 12.1. The van der Waals surface area contributed by atoms with Gasteiger partial charge < -0.3 is 25.5 Å². The first-order valence-electron chi connectivity index (χ1n) is 10.6. The van der Waals surface area contributed by atoms with E-state index in [-0.39, 0.29) is 24.4 Å². The Morgan fingerprint density at radius 3 is 2.68 bits per heavy atom. The Morgan fingerprint density at radius 1 is 1.15 bits per heavy atom. The molecule has 11 nitrogen and oxygen atoms in total. The van der Waals surface area contributed by atoms with E-state index < -0.39 is 11.6 Å². The van der Waals surface area contributed by atoms with Gasteiger partial charge in [0.05, 0.1) is 29.3 Å². The zero-order valence-electron chi connectivity index (χ0n) is 18.5. The van der Waals surface area contributed by atoms with Crippen molar-refractivity contribution in [1.29, 1.82) is 0 Å². The van der Waals surface area contributed by atoms with Gasteiger partial charge in [-0.25, -0.2) is 9.97 Å². The molecule has 1 aliphatic rings. The standard InChI is InChI=1S/C23H22N8O3/c1-23(2)16-8-18(24-9-14(16)20(33)30-23)28-22-25-10-15(21-31-26-12-34-21)19(29-22)27-17(11-32)13-6-4-3-5-7-13/h3-10,12,17,32H,11H2,1-2H3,(H,30,33)(H2,24,25,27,28,29)/t17-/m1/s1. The Bertz CT molecular complexity index is 1330. The molecule has 1 aliphatic heterocycles. The van der Waals surface area contributed by atoms with Crippen LogP contribution in [0.2, 0.25) is 0 Å². The molecular weight excluding hydrogens is 436 g/mol. The van der Waals surface area contributed by atoms with Crippen LogP contribution in [0, 0.1) is 0 Å². The van der Waals surface area contributed by atoms with Crippen molar-refractivity contribution in [3.05, 3.63) is 71.9 Å². The van der Waals surface area contributed by atoms with E-state index in [0.717, 1.165) is 11.1 Å². The summed E-state index contributed by atoms with van der Waals surface area (Å²) >= 11 is 0. The van der Waals surface area contributed by atoms with E-state index in [2.05, 4.69) is 41.1 Å². The van der Waals surface area contributed by atoms with Gasteiger partial charge in [-0.1, -0.05) is 30.3 Å². The summed E-state index contributed by atoms with van der Waals surface area (Å²) in [6.45, 7) is 3.69. The number of aliphatic hydroxyl groups is 1. The van der Waals surface area contributed by atoms with Gasteiger partial charge in [-0.2, -0.15) is 4.98 Å². The minimum absolute atomic E-state index is 0.151. The molecule has 1 aromatic carbocycles. The summed E-state index contributed by atoms with van der Waals surface area (Å²) in [7, 11) is 0. The fourth-order valence-electron chi connectivity index (χ4n) is 3.84. The Hall–Kier alpha value is -4.38. The number of hydrogen-bond acceptors (Lipinski definition) is 10. The van der Waals surface area contributed by atoms with Crippen molar-refractivity contribution in [3.8, 4) is 11.5 Å². The molecule has 0 aliphatic carbocycles. The lowest BCUT2D eigenvalue weighted by atomic mass is 9.96. The second-order valence-corrected chi connectivity index (χ2v) is 8.31. The monoisotopic (exact) mass is 458 g/mol. The summed E-state index contributed by atoms with van der Waals surface area (Å²) in [6.07, 6.45) is 4.30. The van der Waals surface area contributed by atoms with Gasteiger partial charge in [-0.15, -0.1) is 10.2 Å². The molecule has 0 fully saturated rings. The molecule has 0 radical (unpaired) electrons. The topological polar surface area (TPSA) is 151 Å². The van der Waals surface area contributed by atoms with Gasteiger partial charge in [-0.3, -0.25) is 4.79 Å². The van der Waals surface area contributed by atoms with E-state index in [9.17, 15) is 9.90 Å². The molecule has 3 aromatic heterocycles. The molecule has 11 heteroatoms. The fourth-order valence-corrected chi connectivity index (χ4v) is 3.84. The minimum Gasteiger partial charge on any atom is -0.423 e. The maximum atomic E-state index is 12.1. The maximum Gasteiger partial charge on any atom is 0.253 e. The van der Waals surface area contributed by atoms with Crippen LogP contribution in [-0.4, -0.2) is 42.8 Å². The van der Waals surface area contributed by atoms with Gasteiger partial charge in [-0.05, 0) is 31.0 Å². The quantitative estimate of drug-likeness (QED) is 0.325. The number of hydrogen-bond donors (Lipinski definition) is 4. The zero-order chi connectivity index (χ0) is 23.7. The predicted octanol–water partition coefficient (Wildman–Crippen LogP) is 2.79. The Labute approximate surface area is 194 Å². The van der Waals surface area contributed by atoms with E-state index in [1.54, 1.807) is 12.3 Å². The molecule has 1 atom stereocenters. The molecular formula is C23H22N8O3. The van der Waals surface area contributed by atoms with E-state index in [4.69, 9.17) is 4.42 Å². The fraction of sp³-hybridized carbons (Fsp3) is 0.217. The van der Waals surface area contributed by atoms with Crippen LogP contribution in [0.4, 0.5) is 17.6 Å². The third-order valence-electron chi connectivity index (χ3n) is 5.56. The number of benzene rings is 1. The molecule has 0 bridgehead atoms. The molecule has 0 saturated heterocycles. The highest BCUT2D eigenvalue weighted by Crippen LogP contribution is 2.33. The SMILES string of the molecule is CC1(C)NC(=O)c2cnc(Nc3ncc(-c4nnco4)c(N[C@H](CO)c4ccccc4)n3)cc21. The number of carbonyl (C=O) groups excluding carboxylic acids is 1. The number of rotatable bonds is 7. The molecule has 4 N–H and O–H groups in total. The number of anilines is 3. The summed E-state index contributed by atoms with van der Waals surface area (Å²) in [5, 5.41) is 27.0. The van der Waals surface area contributed by atoms with Crippen LogP contribution in [0.5, 0.6) is 0 Å². The average Bonchev–Trinajstić information content (AvgIpc) is 3.44. The van der Waals surface area contributed by atoms with Crippen LogP contribution in [0.25, 0.3) is 11.5 Å². The van der Waals surface area contributed by atoms with Gasteiger partial charge in [0.15, 0.2) is 0 Å². The van der Waals surface area contributed by atoms with E-state index in [1.807, 2.05) is 44.2 Å². The van der Waals surface area contributed by atoms with Crippen molar-refractivity contribution >= 4 is 23.5 Å². The highest BCUT2D eigenvalue weighted by Gasteiger charge is 2.35. The first kappa shape index (κ1) is 21.5. The molecule has 34 heavy (non-hydrogen) atoms. The van der Waals surface area contributed by atoms with Crippen molar-refractivity contribution in [2.75, 3.05) is 17.2 Å². The van der Waals surface area contributed by atoms with Gasteiger partial charge in [0.2, 0.25) is 12.3 Å². The molecule has 5 rings (SSSR count). The second kappa shape index (κ2) is 8.52. The van der Waals surface area contributed by atoms with Crippen LogP contribution < -0.4 is 16.0 Å². The van der Waals surface area contributed by atoms with Crippen molar-refractivity contribution in [1.82, 2.24) is 30.5 Å². The number of aromatic nitrogens is 5. The predicted molar refractivity (Wildman–Crippen MR) is 123 cm³/mol. The number of aliphatic hydroxyl groups excluding tert-OH is 1. The first-order chi connectivity index (χ1) is 16.4. The van der Waals surface area contributed by atoms with Crippen molar-refractivity contribution in [2.45, 2.75) is 25.4 Å². The Kier molecular flexibility index (Phi) is 5.38. The summed E-state index contributed by atoms with van der Waals surface area (Å²) in [5.74, 6) is 1.23. The van der Waals surface area contributed by atoms with Crippen LogP contribution in [0.15, 0.2) is 59.6 Å². The van der Waals surface area contributed by atoms with Gasteiger partial charge in [0.25, 0.3) is 11.8 Å². The summed E-state index contributed by atoms with van der Waals surface area (Å²) < 4.78 is 5.35. The molecule has 0 spiro atoms. The number of carbonyl (C=O) groups is 1. The number of amides is 1. The van der Waals surface area contributed by atoms with E-state index in [1.165, 1.54) is 12.6 Å².